The zero-order valence-electron chi connectivity index (χ0n) is 26.8. The first-order valence-electron chi connectivity index (χ1n) is 16.6. The summed E-state index contributed by atoms with van der Waals surface area (Å²) < 4.78 is 6.35. The van der Waals surface area contributed by atoms with E-state index in [0.29, 0.717) is 23.2 Å². The molecular formula is C43H32N4O. The predicted octanol–water partition coefficient (Wildman–Crippen LogP) is 10.9. The van der Waals surface area contributed by atoms with Gasteiger partial charge in [0.25, 0.3) is 0 Å². The Kier molecular flexibility index (Phi) is 6.54. The van der Waals surface area contributed by atoms with Gasteiger partial charge in [-0.1, -0.05) is 105 Å². The Morgan fingerprint density at radius 2 is 1.15 bits per heavy atom. The maximum absolute atomic E-state index is 6.35. The summed E-state index contributed by atoms with van der Waals surface area (Å²) in [6.07, 6.45) is 3.79. The predicted molar refractivity (Wildman–Crippen MR) is 193 cm³/mol. The molecule has 0 fully saturated rings. The maximum atomic E-state index is 6.35. The fraction of sp³-hybridized carbons (Fsp3) is 0.116. The van der Waals surface area contributed by atoms with Gasteiger partial charge in [-0.25, -0.2) is 15.0 Å². The van der Waals surface area contributed by atoms with E-state index in [4.69, 9.17) is 19.4 Å². The van der Waals surface area contributed by atoms with Gasteiger partial charge in [0.1, 0.15) is 16.9 Å². The smallest absolute Gasteiger partial charge is 0.182 e. The molecule has 0 amide bonds. The molecule has 3 aromatic heterocycles. The summed E-state index contributed by atoms with van der Waals surface area (Å²) in [7, 11) is 0. The highest BCUT2D eigenvalue weighted by atomic mass is 16.3. The molecule has 1 aliphatic carbocycles. The SMILES string of the molecule is CCC1(CC)c2cc(-c3ccc(-c4nc(-c5ccccc5)nc(-c5ccccn5)n4)cc3)ccc2-c2cc3c(cc21)oc1ccccc13. The molecule has 0 N–H and O–H groups in total. The van der Waals surface area contributed by atoms with Crippen molar-refractivity contribution < 1.29 is 4.42 Å². The summed E-state index contributed by atoms with van der Waals surface area (Å²) in [6.45, 7) is 4.62. The summed E-state index contributed by atoms with van der Waals surface area (Å²) in [6, 6.07) is 44.3. The topological polar surface area (TPSA) is 64.7 Å². The average Bonchev–Trinajstić information content (AvgIpc) is 3.66. The number of para-hydroxylation sites is 1. The molecule has 0 saturated carbocycles. The molecule has 230 valence electrons. The third kappa shape index (κ3) is 4.39. The van der Waals surface area contributed by atoms with Gasteiger partial charge in [0, 0.05) is 33.5 Å². The molecule has 0 atom stereocenters. The van der Waals surface area contributed by atoms with Gasteiger partial charge in [-0.3, -0.25) is 4.98 Å². The number of rotatable bonds is 6. The Balaban J connectivity index is 1.12. The monoisotopic (exact) mass is 620 g/mol. The van der Waals surface area contributed by atoms with Crippen LogP contribution in [0.5, 0.6) is 0 Å². The quantitative estimate of drug-likeness (QED) is 0.185. The van der Waals surface area contributed by atoms with E-state index in [9.17, 15) is 0 Å². The molecule has 8 aromatic rings. The number of hydrogen-bond acceptors (Lipinski definition) is 5. The third-order valence-electron chi connectivity index (χ3n) is 10.1. The third-order valence-corrected chi connectivity index (χ3v) is 10.1. The highest BCUT2D eigenvalue weighted by Gasteiger charge is 2.41. The molecule has 0 saturated heterocycles. The zero-order valence-corrected chi connectivity index (χ0v) is 26.8. The van der Waals surface area contributed by atoms with Crippen LogP contribution in [0.1, 0.15) is 37.8 Å². The van der Waals surface area contributed by atoms with Gasteiger partial charge < -0.3 is 4.42 Å². The number of aromatic nitrogens is 4. The van der Waals surface area contributed by atoms with E-state index >= 15 is 0 Å². The molecule has 3 heterocycles. The molecule has 48 heavy (non-hydrogen) atoms. The molecule has 0 radical (unpaired) electrons. The second kappa shape index (κ2) is 11.1. The van der Waals surface area contributed by atoms with Gasteiger partial charge in [0.05, 0.1) is 0 Å². The normalized spacial score (nSPS) is 13.1. The Labute approximate surface area is 279 Å². The van der Waals surface area contributed by atoms with E-state index < -0.39 is 0 Å². The van der Waals surface area contributed by atoms with Crippen molar-refractivity contribution in [3.63, 3.8) is 0 Å². The van der Waals surface area contributed by atoms with Crippen molar-refractivity contribution in [3.8, 4) is 56.5 Å². The van der Waals surface area contributed by atoms with Crippen molar-refractivity contribution in [2.75, 3.05) is 0 Å². The standard InChI is InChI=1S/C43H32N4O/c1-3-43(4-2)35-24-30(21-22-31(35)33-25-34-32-14-8-9-16-38(32)48-39(34)26-36(33)43)27-17-19-29(20-18-27)41-45-40(28-12-6-5-7-13-28)46-42(47-41)37-15-10-11-23-44-37/h5-26H,3-4H2,1-2H3. The summed E-state index contributed by atoms with van der Waals surface area (Å²) in [5.74, 6) is 1.80. The second-order valence-electron chi connectivity index (χ2n) is 12.5. The first-order chi connectivity index (χ1) is 23.6. The zero-order chi connectivity index (χ0) is 32.2. The first kappa shape index (κ1) is 28.3. The van der Waals surface area contributed by atoms with Gasteiger partial charge >= 0.3 is 0 Å². The van der Waals surface area contributed by atoms with Gasteiger partial charge in [-0.2, -0.15) is 0 Å². The summed E-state index contributed by atoms with van der Waals surface area (Å²) in [5, 5.41) is 2.35. The van der Waals surface area contributed by atoms with Crippen molar-refractivity contribution >= 4 is 21.9 Å². The number of benzene rings is 5. The van der Waals surface area contributed by atoms with Crippen LogP contribution in [0.3, 0.4) is 0 Å². The molecule has 1 aliphatic rings. The Morgan fingerprint density at radius 3 is 1.90 bits per heavy atom. The largest absolute Gasteiger partial charge is 0.456 e. The lowest BCUT2D eigenvalue weighted by Gasteiger charge is -2.30. The summed E-state index contributed by atoms with van der Waals surface area (Å²) in [5.41, 5.74) is 12.2. The van der Waals surface area contributed by atoms with Crippen molar-refractivity contribution in [2.24, 2.45) is 0 Å². The average molecular weight is 621 g/mol. The number of hydrogen-bond donors (Lipinski definition) is 0. The lowest BCUT2D eigenvalue weighted by molar-refractivity contribution is 0.490. The van der Waals surface area contributed by atoms with E-state index in [1.807, 2.05) is 54.6 Å². The number of fused-ring (bicyclic) bond motifs is 6. The molecular weight excluding hydrogens is 589 g/mol. The van der Waals surface area contributed by atoms with Gasteiger partial charge in [0.2, 0.25) is 0 Å². The molecule has 9 rings (SSSR count). The van der Waals surface area contributed by atoms with Gasteiger partial charge in [0.15, 0.2) is 17.5 Å². The van der Waals surface area contributed by atoms with E-state index in [1.165, 1.54) is 38.6 Å². The number of nitrogens with zero attached hydrogens (tertiary/aromatic N) is 4. The van der Waals surface area contributed by atoms with E-state index in [0.717, 1.165) is 40.7 Å². The van der Waals surface area contributed by atoms with Crippen molar-refractivity contribution in [3.05, 3.63) is 145 Å². The van der Waals surface area contributed by atoms with Gasteiger partial charge in [-0.05, 0) is 82.6 Å². The lowest BCUT2D eigenvalue weighted by atomic mass is 9.73. The minimum absolute atomic E-state index is 0.0750. The first-order valence-corrected chi connectivity index (χ1v) is 16.6. The molecule has 5 aromatic carbocycles. The van der Waals surface area contributed by atoms with Gasteiger partial charge in [-0.15, -0.1) is 0 Å². The lowest BCUT2D eigenvalue weighted by Crippen LogP contribution is -2.23. The van der Waals surface area contributed by atoms with E-state index in [-0.39, 0.29) is 5.41 Å². The van der Waals surface area contributed by atoms with Crippen LogP contribution in [0.25, 0.3) is 78.5 Å². The van der Waals surface area contributed by atoms with E-state index in [2.05, 4.69) is 91.6 Å². The molecule has 0 unspecified atom stereocenters. The van der Waals surface area contributed by atoms with Crippen molar-refractivity contribution in [2.45, 2.75) is 32.1 Å². The van der Waals surface area contributed by atoms with Crippen LogP contribution in [0.4, 0.5) is 0 Å². The Morgan fingerprint density at radius 1 is 0.500 bits per heavy atom. The van der Waals surface area contributed by atoms with Crippen LogP contribution < -0.4 is 0 Å². The van der Waals surface area contributed by atoms with E-state index in [1.54, 1.807) is 6.20 Å². The van der Waals surface area contributed by atoms with Crippen molar-refractivity contribution in [1.82, 2.24) is 19.9 Å². The molecule has 5 nitrogen and oxygen atoms in total. The number of pyridine rings is 1. The fourth-order valence-electron chi connectivity index (χ4n) is 7.54. The number of furan rings is 1. The molecule has 0 bridgehead atoms. The second-order valence-corrected chi connectivity index (χ2v) is 12.5. The van der Waals surface area contributed by atoms with Crippen LogP contribution in [-0.4, -0.2) is 19.9 Å². The Hall–Kier alpha value is -5.94. The summed E-state index contributed by atoms with van der Waals surface area (Å²) >= 11 is 0. The highest BCUT2D eigenvalue weighted by molar-refractivity contribution is 6.07. The maximum Gasteiger partial charge on any atom is 0.182 e. The summed E-state index contributed by atoms with van der Waals surface area (Å²) in [4.78, 5) is 19.0. The van der Waals surface area contributed by atoms with Crippen LogP contribution >= 0.6 is 0 Å². The minimum Gasteiger partial charge on any atom is -0.456 e. The van der Waals surface area contributed by atoms with Crippen LogP contribution in [0, 0.1) is 0 Å². The van der Waals surface area contributed by atoms with Crippen LogP contribution in [0.15, 0.2) is 138 Å². The van der Waals surface area contributed by atoms with Crippen LogP contribution in [-0.2, 0) is 5.41 Å². The molecule has 0 spiro atoms. The highest BCUT2D eigenvalue weighted by Crippen LogP contribution is 2.55. The molecule has 0 aliphatic heterocycles. The minimum atomic E-state index is -0.0750. The fourth-order valence-corrected chi connectivity index (χ4v) is 7.54. The Bertz CT molecular complexity index is 2400. The molecule has 5 heteroatoms. The van der Waals surface area contributed by atoms with Crippen LogP contribution in [0.2, 0.25) is 0 Å². The van der Waals surface area contributed by atoms with Crippen molar-refractivity contribution in [1.29, 1.82) is 0 Å².